The van der Waals surface area contributed by atoms with E-state index in [9.17, 15) is 5.11 Å². The first-order chi connectivity index (χ1) is 10.2. The molecule has 1 heterocycles. The van der Waals surface area contributed by atoms with E-state index < -0.39 is 5.60 Å². The Morgan fingerprint density at radius 2 is 2.05 bits per heavy atom. The van der Waals surface area contributed by atoms with Crippen molar-refractivity contribution < 1.29 is 9.84 Å². The normalized spacial score (nSPS) is 23.6. The zero-order valence-corrected chi connectivity index (χ0v) is 14.2. The monoisotopic (exact) mass is 302 g/mol. The van der Waals surface area contributed by atoms with Gasteiger partial charge in [-0.15, -0.1) is 0 Å². The molecule has 2 unspecified atom stereocenters. The molecule has 1 N–H and O–H groups in total. The van der Waals surface area contributed by atoms with Gasteiger partial charge in [-0.2, -0.15) is 5.26 Å². The predicted molar refractivity (Wildman–Crippen MR) is 86.4 cm³/mol. The quantitative estimate of drug-likeness (QED) is 0.641. The van der Waals surface area contributed by atoms with Crippen LogP contribution >= 0.6 is 0 Å². The Morgan fingerprint density at radius 1 is 1.36 bits per heavy atom. The molecule has 0 radical (unpaired) electrons. The number of likely N-dealkylation sites (tertiary alicyclic amines) is 1. The summed E-state index contributed by atoms with van der Waals surface area (Å²) in [5.41, 5.74) is -0.758. The highest BCUT2D eigenvalue weighted by atomic mass is 16.5. The fourth-order valence-electron chi connectivity index (χ4n) is 2.34. The maximum Gasteiger partial charge on any atom is 0.124 e. The largest absolute Gasteiger partial charge is 0.393 e. The Hall–Kier alpha value is -1.67. The van der Waals surface area contributed by atoms with Crippen molar-refractivity contribution in [3.63, 3.8) is 0 Å². The van der Waals surface area contributed by atoms with Gasteiger partial charge in [0.2, 0.25) is 0 Å². The van der Waals surface area contributed by atoms with Crippen LogP contribution in [0.2, 0.25) is 0 Å². The Kier molecular flexibility index (Phi) is 6.31. The topological polar surface area (TPSA) is 56.5 Å². The molecule has 1 fully saturated rings. The molecule has 4 nitrogen and oxygen atoms in total. The number of rotatable bonds is 3. The zero-order valence-electron chi connectivity index (χ0n) is 14.2. The summed E-state index contributed by atoms with van der Waals surface area (Å²) < 4.78 is 5.52. The second-order valence-corrected chi connectivity index (χ2v) is 6.93. The van der Waals surface area contributed by atoms with E-state index in [2.05, 4.69) is 42.6 Å². The Labute approximate surface area is 134 Å². The molecular formula is C18H26N2O2. The van der Waals surface area contributed by atoms with Gasteiger partial charge in [-0.05, 0) is 40.0 Å². The third-order valence-corrected chi connectivity index (χ3v) is 3.86. The highest BCUT2D eigenvalue weighted by Crippen LogP contribution is 2.29. The van der Waals surface area contributed by atoms with E-state index in [0.717, 1.165) is 6.54 Å². The molecule has 0 aromatic heterocycles. The summed E-state index contributed by atoms with van der Waals surface area (Å²) in [4.78, 5) is 2.06. The minimum atomic E-state index is -0.605. The minimum Gasteiger partial charge on any atom is -0.393 e. The van der Waals surface area contributed by atoms with Crippen molar-refractivity contribution in [1.82, 2.24) is 4.90 Å². The molecule has 0 aliphatic carbocycles. The average molecular weight is 302 g/mol. The number of hydrogen-bond acceptors (Lipinski definition) is 4. The Balaban J connectivity index is 2.67. The first-order valence-electron chi connectivity index (χ1n) is 7.67. The van der Waals surface area contributed by atoms with Crippen molar-refractivity contribution in [2.24, 2.45) is 5.92 Å². The Morgan fingerprint density at radius 3 is 2.68 bits per heavy atom. The number of piperidine rings is 1. The third-order valence-electron chi connectivity index (χ3n) is 3.86. The Bertz CT molecular complexity index is 537. The van der Waals surface area contributed by atoms with E-state index in [4.69, 9.17) is 10.00 Å². The molecule has 0 aromatic carbocycles. The first kappa shape index (κ1) is 18.4. The number of ether oxygens (including phenoxy) is 1. The molecule has 120 valence electrons. The van der Waals surface area contributed by atoms with Crippen LogP contribution in [0.1, 0.15) is 47.5 Å². The highest BCUT2D eigenvalue weighted by molar-refractivity contribution is 5.29. The number of nitrogens with zero attached hydrogens (tertiary/aromatic N) is 2. The summed E-state index contributed by atoms with van der Waals surface area (Å²) in [6.45, 7) is 11.0. The molecule has 22 heavy (non-hydrogen) atoms. The minimum absolute atomic E-state index is 0.153. The summed E-state index contributed by atoms with van der Waals surface area (Å²) in [5.74, 6) is 8.90. The molecule has 2 atom stereocenters. The van der Waals surface area contributed by atoms with Crippen LogP contribution in [-0.4, -0.2) is 40.4 Å². The smallest absolute Gasteiger partial charge is 0.124 e. The van der Waals surface area contributed by atoms with Gasteiger partial charge in [0, 0.05) is 30.0 Å². The van der Waals surface area contributed by atoms with Crippen molar-refractivity contribution in [3.05, 3.63) is 0 Å². The van der Waals surface area contributed by atoms with Crippen LogP contribution in [0.4, 0.5) is 0 Å². The molecule has 0 bridgehead atoms. The van der Waals surface area contributed by atoms with Crippen LogP contribution < -0.4 is 0 Å². The van der Waals surface area contributed by atoms with Gasteiger partial charge in [-0.3, -0.25) is 0 Å². The SMILES string of the molecule is CC1CN(C#CC#CC(C)(C)OCCC#N)C(C)(C)CC1O. The highest BCUT2D eigenvalue weighted by Gasteiger charge is 2.36. The number of aliphatic hydroxyl groups is 1. The van der Waals surface area contributed by atoms with E-state index >= 15 is 0 Å². The summed E-state index contributed by atoms with van der Waals surface area (Å²) in [5, 5.41) is 18.5. The second-order valence-electron chi connectivity index (χ2n) is 6.93. The van der Waals surface area contributed by atoms with E-state index in [1.165, 1.54) is 0 Å². The maximum atomic E-state index is 9.97. The van der Waals surface area contributed by atoms with E-state index in [-0.39, 0.29) is 17.6 Å². The van der Waals surface area contributed by atoms with Crippen molar-refractivity contribution >= 4 is 0 Å². The maximum absolute atomic E-state index is 9.97. The summed E-state index contributed by atoms with van der Waals surface area (Å²) in [7, 11) is 0. The van der Waals surface area contributed by atoms with E-state index in [1.807, 2.05) is 26.8 Å². The summed E-state index contributed by atoms with van der Waals surface area (Å²) >= 11 is 0. The van der Waals surface area contributed by atoms with Crippen LogP contribution in [0.5, 0.6) is 0 Å². The van der Waals surface area contributed by atoms with Crippen molar-refractivity contribution in [2.75, 3.05) is 13.2 Å². The predicted octanol–water partition coefficient (Wildman–Crippen LogP) is 2.14. The van der Waals surface area contributed by atoms with Crippen LogP contribution in [0.15, 0.2) is 0 Å². The molecule has 1 rings (SSSR count). The van der Waals surface area contributed by atoms with Gasteiger partial charge in [-0.25, -0.2) is 0 Å². The molecule has 1 aliphatic heterocycles. The van der Waals surface area contributed by atoms with Crippen LogP contribution in [0, 0.1) is 41.1 Å². The van der Waals surface area contributed by atoms with E-state index in [1.54, 1.807) is 0 Å². The van der Waals surface area contributed by atoms with Crippen LogP contribution in [0.3, 0.4) is 0 Å². The van der Waals surface area contributed by atoms with Gasteiger partial charge in [0.25, 0.3) is 0 Å². The zero-order chi connectivity index (χ0) is 16.8. The van der Waals surface area contributed by atoms with Gasteiger partial charge in [0.15, 0.2) is 0 Å². The summed E-state index contributed by atoms with van der Waals surface area (Å²) in [6.07, 6.45) is 0.796. The standard InChI is InChI=1S/C18H26N2O2/c1-15-14-20(17(2,3)13-16(15)21)11-7-6-9-18(4,5)22-12-8-10-19/h15-16,21H,8,12-14H2,1-5H3. The van der Waals surface area contributed by atoms with Crippen molar-refractivity contribution in [3.8, 4) is 29.9 Å². The van der Waals surface area contributed by atoms with Gasteiger partial charge < -0.3 is 14.7 Å². The molecular weight excluding hydrogens is 276 g/mol. The van der Waals surface area contributed by atoms with Crippen molar-refractivity contribution in [2.45, 2.75) is 64.7 Å². The number of nitriles is 1. The van der Waals surface area contributed by atoms with Gasteiger partial charge in [0.1, 0.15) is 5.60 Å². The molecule has 4 heteroatoms. The van der Waals surface area contributed by atoms with Gasteiger partial charge >= 0.3 is 0 Å². The van der Waals surface area contributed by atoms with Crippen LogP contribution in [0.25, 0.3) is 0 Å². The molecule has 0 spiro atoms. The average Bonchev–Trinajstić information content (AvgIpc) is 2.40. The van der Waals surface area contributed by atoms with Gasteiger partial charge in [-0.1, -0.05) is 12.8 Å². The fourth-order valence-corrected chi connectivity index (χ4v) is 2.34. The van der Waals surface area contributed by atoms with Gasteiger partial charge in [0.05, 0.1) is 25.2 Å². The van der Waals surface area contributed by atoms with Crippen LogP contribution in [-0.2, 0) is 4.74 Å². The van der Waals surface area contributed by atoms with E-state index in [0.29, 0.717) is 19.4 Å². The third kappa shape index (κ3) is 5.61. The van der Waals surface area contributed by atoms with Crippen molar-refractivity contribution in [1.29, 1.82) is 5.26 Å². The lowest BCUT2D eigenvalue weighted by molar-refractivity contribution is -0.00836. The molecule has 0 amide bonds. The number of hydrogen-bond donors (Lipinski definition) is 1. The second kappa shape index (κ2) is 7.55. The molecule has 1 saturated heterocycles. The fraction of sp³-hybridized carbons (Fsp3) is 0.722. The lowest BCUT2D eigenvalue weighted by Gasteiger charge is -2.45. The molecule has 0 saturated carbocycles. The first-order valence-corrected chi connectivity index (χ1v) is 7.67. The molecule has 1 aliphatic rings. The number of aliphatic hydroxyl groups excluding tert-OH is 1. The molecule has 0 aromatic rings. The lowest BCUT2D eigenvalue weighted by Crippen LogP contribution is -2.52. The summed E-state index contributed by atoms with van der Waals surface area (Å²) in [6, 6.07) is 5.13. The lowest BCUT2D eigenvalue weighted by atomic mass is 9.84.